The number of alkyl halides is 2. The highest BCUT2D eigenvalue weighted by Gasteiger charge is 2.07. The molecule has 3 nitrogen and oxygen atoms in total. The number of aliphatic hydroxyl groups excluding tert-OH is 1. The summed E-state index contributed by atoms with van der Waals surface area (Å²) in [5, 5.41) is 12.9. The number of nitrogens with one attached hydrogen (secondary N) is 1. The minimum absolute atomic E-state index is 0.137. The van der Waals surface area contributed by atoms with Crippen molar-refractivity contribution in [2.75, 3.05) is 5.32 Å². The highest BCUT2D eigenvalue weighted by Crippen LogP contribution is 2.23. The number of hydrogen-bond donors (Lipinski definition) is 2. The maximum absolute atomic E-state index is 12.1. The van der Waals surface area contributed by atoms with Crippen molar-refractivity contribution >= 4 is 5.69 Å². The van der Waals surface area contributed by atoms with Crippen LogP contribution < -0.4 is 10.1 Å². The summed E-state index contributed by atoms with van der Waals surface area (Å²) in [6.07, 6.45) is -0.560. The first kappa shape index (κ1) is 15.3. The molecule has 21 heavy (non-hydrogen) atoms. The molecule has 0 aliphatic heterocycles. The number of hydrogen-bond acceptors (Lipinski definition) is 3. The van der Waals surface area contributed by atoms with Crippen LogP contribution in [-0.2, 0) is 6.54 Å². The van der Waals surface area contributed by atoms with E-state index in [0.717, 1.165) is 16.8 Å². The number of anilines is 1. The Morgan fingerprint density at radius 1 is 1.10 bits per heavy atom. The van der Waals surface area contributed by atoms with Crippen LogP contribution in [0.2, 0.25) is 0 Å². The minimum atomic E-state index is -2.81. The molecule has 0 spiro atoms. The molecule has 0 fully saturated rings. The summed E-state index contributed by atoms with van der Waals surface area (Å²) < 4.78 is 28.4. The third-order valence-corrected chi connectivity index (χ3v) is 3.04. The molecule has 0 bridgehead atoms. The van der Waals surface area contributed by atoms with E-state index in [-0.39, 0.29) is 5.75 Å². The lowest BCUT2D eigenvalue weighted by molar-refractivity contribution is -0.0498. The smallest absolute Gasteiger partial charge is 0.387 e. The van der Waals surface area contributed by atoms with E-state index < -0.39 is 12.7 Å². The zero-order chi connectivity index (χ0) is 15.2. The van der Waals surface area contributed by atoms with Crippen LogP contribution in [0.15, 0.2) is 48.5 Å². The summed E-state index contributed by atoms with van der Waals surface area (Å²) in [4.78, 5) is 0. The molecule has 2 aromatic carbocycles. The van der Waals surface area contributed by atoms with Crippen molar-refractivity contribution < 1.29 is 18.6 Å². The Kier molecular flexibility index (Phi) is 5.11. The van der Waals surface area contributed by atoms with E-state index in [9.17, 15) is 13.9 Å². The molecule has 2 rings (SSSR count). The number of para-hydroxylation sites is 1. The van der Waals surface area contributed by atoms with Gasteiger partial charge in [0, 0.05) is 17.8 Å². The molecule has 0 saturated carbocycles. The van der Waals surface area contributed by atoms with E-state index >= 15 is 0 Å². The zero-order valence-electron chi connectivity index (χ0n) is 11.6. The lowest BCUT2D eigenvalue weighted by Gasteiger charge is -2.14. The van der Waals surface area contributed by atoms with Crippen molar-refractivity contribution in [1.82, 2.24) is 0 Å². The van der Waals surface area contributed by atoms with Gasteiger partial charge in [0.2, 0.25) is 0 Å². The second-order valence-corrected chi connectivity index (χ2v) is 4.64. The van der Waals surface area contributed by atoms with Crippen LogP contribution >= 0.6 is 0 Å². The van der Waals surface area contributed by atoms with E-state index in [0.29, 0.717) is 6.54 Å². The summed E-state index contributed by atoms with van der Waals surface area (Å²) in [5.41, 5.74) is 2.59. The highest BCUT2D eigenvalue weighted by molar-refractivity contribution is 5.52. The Bertz CT molecular complexity index is 571. The van der Waals surface area contributed by atoms with E-state index in [1.165, 1.54) is 12.1 Å². The molecule has 0 amide bonds. The molecule has 0 aromatic heterocycles. The Morgan fingerprint density at radius 2 is 1.76 bits per heavy atom. The Labute approximate surface area is 122 Å². The summed E-state index contributed by atoms with van der Waals surface area (Å²) in [7, 11) is 0. The fraction of sp³-hybridized carbons (Fsp3) is 0.250. The van der Waals surface area contributed by atoms with Crippen LogP contribution in [-0.4, -0.2) is 11.7 Å². The van der Waals surface area contributed by atoms with Gasteiger partial charge in [-0.1, -0.05) is 30.3 Å². The van der Waals surface area contributed by atoms with E-state index in [4.69, 9.17) is 0 Å². The number of ether oxygens (including phenoxy) is 1. The normalized spacial score (nSPS) is 12.2. The Balaban J connectivity index is 2.00. The Hall–Kier alpha value is -2.14. The van der Waals surface area contributed by atoms with Crippen molar-refractivity contribution in [3.8, 4) is 5.75 Å². The molecule has 0 aliphatic rings. The Morgan fingerprint density at radius 3 is 2.38 bits per heavy atom. The first-order chi connectivity index (χ1) is 10.1. The summed E-state index contributed by atoms with van der Waals surface area (Å²) >= 11 is 0. The molecule has 0 radical (unpaired) electrons. The summed E-state index contributed by atoms with van der Waals surface area (Å²) in [5.74, 6) is 0.137. The first-order valence-corrected chi connectivity index (χ1v) is 6.61. The third kappa shape index (κ3) is 4.43. The van der Waals surface area contributed by atoms with Crippen molar-refractivity contribution in [2.45, 2.75) is 26.2 Å². The molecule has 0 heterocycles. The van der Waals surface area contributed by atoms with Gasteiger partial charge in [0.15, 0.2) is 0 Å². The average molecular weight is 293 g/mol. The molecule has 112 valence electrons. The van der Waals surface area contributed by atoms with Gasteiger partial charge in [0.1, 0.15) is 5.75 Å². The highest BCUT2D eigenvalue weighted by atomic mass is 19.3. The molecule has 0 saturated heterocycles. The molecular weight excluding hydrogens is 276 g/mol. The van der Waals surface area contributed by atoms with E-state index in [2.05, 4.69) is 10.1 Å². The van der Waals surface area contributed by atoms with Crippen molar-refractivity contribution in [2.24, 2.45) is 0 Å². The van der Waals surface area contributed by atoms with Crippen LogP contribution in [0, 0.1) is 0 Å². The predicted octanol–water partition coefficient (Wildman–Crippen LogP) is 3.95. The number of halogens is 2. The van der Waals surface area contributed by atoms with Crippen LogP contribution in [0.1, 0.15) is 24.2 Å². The maximum Gasteiger partial charge on any atom is 0.387 e. The topological polar surface area (TPSA) is 41.5 Å². The second kappa shape index (κ2) is 7.04. The molecule has 1 unspecified atom stereocenters. The van der Waals surface area contributed by atoms with Crippen molar-refractivity contribution in [3.05, 3.63) is 59.7 Å². The SMILES string of the molecule is CC(O)c1ccccc1NCc1ccc(OC(F)F)cc1. The van der Waals surface area contributed by atoms with E-state index in [1.807, 2.05) is 24.3 Å². The number of aliphatic hydroxyl groups is 1. The summed E-state index contributed by atoms with van der Waals surface area (Å²) in [6, 6.07) is 13.9. The van der Waals surface area contributed by atoms with Gasteiger partial charge >= 0.3 is 6.61 Å². The molecule has 2 aromatic rings. The maximum atomic E-state index is 12.1. The molecule has 5 heteroatoms. The van der Waals surface area contributed by atoms with Crippen molar-refractivity contribution in [3.63, 3.8) is 0 Å². The van der Waals surface area contributed by atoms with Gasteiger partial charge in [0.25, 0.3) is 0 Å². The van der Waals surface area contributed by atoms with Crippen LogP contribution in [0.5, 0.6) is 5.75 Å². The fourth-order valence-electron chi connectivity index (χ4n) is 2.01. The van der Waals surface area contributed by atoms with Gasteiger partial charge in [-0.2, -0.15) is 8.78 Å². The quantitative estimate of drug-likeness (QED) is 0.847. The van der Waals surface area contributed by atoms with E-state index in [1.54, 1.807) is 19.1 Å². The monoisotopic (exact) mass is 293 g/mol. The lowest BCUT2D eigenvalue weighted by Crippen LogP contribution is -2.05. The minimum Gasteiger partial charge on any atom is -0.435 e. The van der Waals surface area contributed by atoms with Crippen molar-refractivity contribution in [1.29, 1.82) is 0 Å². The number of rotatable bonds is 6. The number of benzene rings is 2. The van der Waals surface area contributed by atoms with Gasteiger partial charge in [0.05, 0.1) is 6.10 Å². The predicted molar refractivity (Wildman–Crippen MR) is 77.5 cm³/mol. The second-order valence-electron chi connectivity index (χ2n) is 4.64. The summed E-state index contributed by atoms with van der Waals surface area (Å²) in [6.45, 7) is -0.581. The molecule has 2 N–H and O–H groups in total. The molecule has 0 aliphatic carbocycles. The van der Waals surface area contributed by atoms with Crippen LogP contribution in [0.25, 0.3) is 0 Å². The van der Waals surface area contributed by atoms with Gasteiger partial charge < -0.3 is 15.2 Å². The molecule has 1 atom stereocenters. The van der Waals surface area contributed by atoms with Gasteiger partial charge in [-0.25, -0.2) is 0 Å². The van der Waals surface area contributed by atoms with Gasteiger partial charge in [-0.3, -0.25) is 0 Å². The van der Waals surface area contributed by atoms with Gasteiger partial charge in [-0.05, 0) is 30.7 Å². The first-order valence-electron chi connectivity index (χ1n) is 6.61. The third-order valence-electron chi connectivity index (χ3n) is 3.04. The fourth-order valence-corrected chi connectivity index (χ4v) is 2.01. The van der Waals surface area contributed by atoms with Crippen LogP contribution in [0.3, 0.4) is 0 Å². The van der Waals surface area contributed by atoms with Crippen LogP contribution in [0.4, 0.5) is 14.5 Å². The lowest BCUT2D eigenvalue weighted by atomic mass is 10.1. The molecular formula is C16H17F2NO2. The zero-order valence-corrected chi connectivity index (χ0v) is 11.6. The largest absolute Gasteiger partial charge is 0.435 e. The van der Waals surface area contributed by atoms with Gasteiger partial charge in [-0.15, -0.1) is 0 Å². The standard InChI is InChI=1S/C16H17F2NO2/c1-11(20)14-4-2-3-5-15(14)19-10-12-6-8-13(9-7-12)21-16(17)18/h2-9,11,16,19-20H,10H2,1H3. The average Bonchev–Trinajstić information content (AvgIpc) is 2.46.